The smallest absolute Gasteiger partial charge is 0.00258 e. The summed E-state index contributed by atoms with van der Waals surface area (Å²) in [6.45, 7) is 14.1. The highest BCUT2D eigenvalue weighted by atomic mass is 14.1. The molecule has 2 aromatic rings. The first kappa shape index (κ1) is 23.7. The summed E-state index contributed by atoms with van der Waals surface area (Å²) in [5, 5.41) is 0. The van der Waals surface area contributed by atoms with Crippen LogP contribution in [0.2, 0.25) is 0 Å². The molecule has 0 aliphatic heterocycles. The summed E-state index contributed by atoms with van der Waals surface area (Å²) >= 11 is 0. The topological polar surface area (TPSA) is 0 Å². The fourth-order valence-corrected chi connectivity index (χ4v) is 4.07. The van der Waals surface area contributed by atoms with E-state index in [0.717, 1.165) is 30.1 Å². The Morgan fingerprint density at radius 1 is 0.448 bits per heavy atom. The Kier molecular flexibility index (Phi) is 9.98. The molecule has 0 radical (unpaired) electrons. The minimum absolute atomic E-state index is 0.777. The van der Waals surface area contributed by atoms with Gasteiger partial charge in [0.1, 0.15) is 0 Å². The molecule has 0 spiro atoms. The average Bonchev–Trinajstić information content (AvgIpc) is 2.68. The molecule has 0 heterocycles. The van der Waals surface area contributed by atoms with E-state index in [1.165, 1.54) is 60.8 Å². The molecular formula is C29H44. The van der Waals surface area contributed by atoms with Crippen LogP contribution in [0.4, 0.5) is 0 Å². The number of benzene rings is 2. The molecule has 0 saturated carbocycles. The van der Waals surface area contributed by atoms with E-state index < -0.39 is 0 Å². The van der Waals surface area contributed by atoms with Crippen molar-refractivity contribution in [3.8, 4) is 0 Å². The molecule has 2 atom stereocenters. The van der Waals surface area contributed by atoms with E-state index in [2.05, 4.69) is 90.1 Å². The molecular weight excluding hydrogens is 348 g/mol. The van der Waals surface area contributed by atoms with Gasteiger partial charge in [0, 0.05) is 0 Å². The Hall–Kier alpha value is -1.56. The molecule has 0 heteroatoms. The van der Waals surface area contributed by atoms with Crippen molar-refractivity contribution in [3.05, 3.63) is 70.8 Å². The van der Waals surface area contributed by atoms with Crippen LogP contribution in [-0.4, -0.2) is 0 Å². The zero-order valence-electron chi connectivity index (χ0n) is 19.9. The summed E-state index contributed by atoms with van der Waals surface area (Å²) in [4.78, 5) is 0. The average molecular weight is 393 g/mol. The van der Waals surface area contributed by atoms with E-state index in [4.69, 9.17) is 0 Å². The molecule has 2 rings (SSSR count). The van der Waals surface area contributed by atoms with Crippen LogP contribution in [0.1, 0.15) is 89.5 Å². The maximum atomic E-state index is 2.39. The number of rotatable bonds is 12. The SMILES string of the molecule is CC(C)CCC(C)Cc1ccc(Cc2ccc(CC(C)CCC(C)C)cc2)cc1. The van der Waals surface area contributed by atoms with E-state index in [9.17, 15) is 0 Å². The molecule has 0 N–H and O–H groups in total. The van der Waals surface area contributed by atoms with E-state index >= 15 is 0 Å². The lowest BCUT2D eigenvalue weighted by Crippen LogP contribution is -2.02. The lowest BCUT2D eigenvalue weighted by atomic mass is 9.92. The van der Waals surface area contributed by atoms with Crippen LogP contribution in [0.5, 0.6) is 0 Å². The van der Waals surface area contributed by atoms with Gasteiger partial charge in [-0.15, -0.1) is 0 Å². The molecule has 2 unspecified atom stereocenters. The second-order valence-corrected chi connectivity index (χ2v) is 10.4. The van der Waals surface area contributed by atoms with E-state index in [1.807, 2.05) is 0 Å². The van der Waals surface area contributed by atoms with E-state index in [-0.39, 0.29) is 0 Å². The predicted octanol–water partition coefficient (Wildman–Crippen LogP) is 8.51. The monoisotopic (exact) mass is 392 g/mol. The lowest BCUT2D eigenvalue weighted by Gasteiger charge is -2.14. The largest absolute Gasteiger partial charge is 0.0628 e. The zero-order valence-corrected chi connectivity index (χ0v) is 19.9. The van der Waals surface area contributed by atoms with Crippen LogP contribution in [0.25, 0.3) is 0 Å². The molecule has 0 aliphatic rings. The van der Waals surface area contributed by atoms with Gasteiger partial charge < -0.3 is 0 Å². The second-order valence-electron chi connectivity index (χ2n) is 10.4. The second kappa shape index (κ2) is 12.2. The predicted molar refractivity (Wildman–Crippen MR) is 130 cm³/mol. The van der Waals surface area contributed by atoms with Gasteiger partial charge in [0.05, 0.1) is 0 Å². The molecule has 0 aliphatic carbocycles. The first-order chi connectivity index (χ1) is 13.8. The quantitative estimate of drug-likeness (QED) is 0.339. The highest BCUT2D eigenvalue weighted by Crippen LogP contribution is 2.20. The van der Waals surface area contributed by atoms with Gasteiger partial charge in [-0.3, -0.25) is 0 Å². The van der Waals surface area contributed by atoms with Crippen molar-refractivity contribution in [1.82, 2.24) is 0 Å². The van der Waals surface area contributed by atoms with E-state index in [0.29, 0.717) is 0 Å². The first-order valence-corrected chi connectivity index (χ1v) is 12.0. The Morgan fingerprint density at radius 2 is 0.759 bits per heavy atom. The van der Waals surface area contributed by atoms with Gasteiger partial charge in [0.25, 0.3) is 0 Å². The van der Waals surface area contributed by atoms with Crippen LogP contribution in [0, 0.1) is 23.7 Å². The van der Waals surface area contributed by atoms with E-state index in [1.54, 1.807) is 0 Å². The molecule has 0 nitrogen and oxygen atoms in total. The summed E-state index contributed by atoms with van der Waals surface area (Å²) in [5.41, 5.74) is 5.80. The normalized spacial score (nSPS) is 13.8. The van der Waals surface area contributed by atoms with Crippen LogP contribution >= 0.6 is 0 Å². The van der Waals surface area contributed by atoms with Crippen molar-refractivity contribution in [2.45, 2.75) is 86.5 Å². The van der Waals surface area contributed by atoms with Crippen LogP contribution in [0.3, 0.4) is 0 Å². The van der Waals surface area contributed by atoms with Crippen molar-refractivity contribution in [1.29, 1.82) is 0 Å². The Balaban J connectivity index is 1.82. The minimum Gasteiger partial charge on any atom is -0.0628 e. The molecule has 0 aromatic heterocycles. The molecule has 29 heavy (non-hydrogen) atoms. The fourth-order valence-electron chi connectivity index (χ4n) is 4.07. The van der Waals surface area contributed by atoms with Gasteiger partial charge in [0.15, 0.2) is 0 Å². The number of hydrogen-bond acceptors (Lipinski definition) is 0. The van der Waals surface area contributed by atoms with Gasteiger partial charge in [-0.1, -0.05) is 116 Å². The minimum atomic E-state index is 0.777. The third-order valence-electron chi connectivity index (χ3n) is 6.10. The van der Waals surface area contributed by atoms with Crippen LogP contribution < -0.4 is 0 Å². The summed E-state index contributed by atoms with van der Waals surface area (Å²) in [5.74, 6) is 3.18. The van der Waals surface area contributed by atoms with Crippen molar-refractivity contribution < 1.29 is 0 Å². The Bertz CT molecular complexity index is 613. The molecule has 0 fully saturated rings. The summed E-state index contributed by atoms with van der Waals surface area (Å²) in [7, 11) is 0. The van der Waals surface area contributed by atoms with Gasteiger partial charge in [-0.25, -0.2) is 0 Å². The molecule has 0 bridgehead atoms. The maximum Gasteiger partial charge on any atom is -0.00258 e. The Morgan fingerprint density at radius 3 is 1.07 bits per heavy atom. The third-order valence-corrected chi connectivity index (χ3v) is 6.10. The summed E-state index contributed by atoms with van der Waals surface area (Å²) in [6, 6.07) is 18.7. The molecule has 0 amide bonds. The van der Waals surface area contributed by atoms with Crippen molar-refractivity contribution >= 4 is 0 Å². The van der Waals surface area contributed by atoms with Crippen molar-refractivity contribution in [2.75, 3.05) is 0 Å². The summed E-state index contributed by atoms with van der Waals surface area (Å²) in [6.07, 6.45) is 8.79. The van der Waals surface area contributed by atoms with Crippen LogP contribution in [-0.2, 0) is 19.3 Å². The maximum absolute atomic E-state index is 2.39. The van der Waals surface area contributed by atoms with Gasteiger partial charge in [0.2, 0.25) is 0 Å². The van der Waals surface area contributed by atoms with Gasteiger partial charge in [-0.05, 0) is 65.2 Å². The standard InChI is InChI=1S/C29H44/c1-22(2)7-9-24(5)19-26-11-15-28(16-12-26)21-29-17-13-27(14-18-29)20-25(6)10-8-23(3)4/h11-18,22-25H,7-10,19-21H2,1-6H3. The number of hydrogen-bond donors (Lipinski definition) is 0. The molecule has 2 aromatic carbocycles. The molecule has 160 valence electrons. The highest BCUT2D eigenvalue weighted by molar-refractivity contribution is 5.30. The third kappa shape index (κ3) is 9.66. The molecule has 0 saturated heterocycles. The first-order valence-electron chi connectivity index (χ1n) is 12.0. The van der Waals surface area contributed by atoms with Crippen LogP contribution in [0.15, 0.2) is 48.5 Å². The van der Waals surface area contributed by atoms with Crippen molar-refractivity contribution in [3.63, 3.8) is 0 Å². The van der Waals surface area contributed by atoms with Crippen molar-refractivity contribution in [2.24, 2.45) is 23.7 Å². The zero-order chi connectivity index (χ0) is 21.2. The lowest BCUT2D eigenvalue weighted by molar-refractivity contribution is 0.448. The summed E-state index contributed by atoms with van der Waals surface area (Å²) < 4.78 is 0. The van der Waals surface area contributed by atoms with Gasteiger partial charge in [-0.2, -0.15) is 0 Å². The van der Waals surface area contributed by atoms with Gasteiger partial charge >= 0.3 is 0 Å². The Labute approximate surface area is 181 Å². The fraction of sp³-hybridized carbons (Fsp3) is 0.586. The highest BCUT2D eigenvalue weighted by Gasteiger charge is 2.07.